The number of nitrogens with one attached hydrogen (secondary N) is 1. The Morgan fingerprint density at radius 1 is 1.22 bits per heavy atom. The van der Waals surface area contributed by atoms with E-state index in [9.17, 15) is 9.59 Å². The molecule has 2 aromatic heterocycles. The summed E-state index contributed by atoms with van der Waals surface area (Å²) in [6.07, 6.45) is 11.0. The van der Waals surface area contributed by atoms with Crippen LogP contribution in [-0.4, -0.2) is 62.7 Å². The van der Waals surface area contributed by atoms with E-state index in [1.165, 1.54) is 0 Å². The Hall–Kier alpha value is -2.70. The van der Waals surface area contributed by atoms with Crippen molar-refractivity contribution in [3.63, 3.8) is 0 Å². The minimum atomic E-state index is 0.0119. The third kappa shape index (κ3) is 3.86. The summed E-state index contributed by atoms with van der Waals surface area (Å²) < 4.78 is 0. The van der Waals surface area contributed by atoms with E-state index in [4.69, 9.17) is 0 Å². The van der Waals surface area contributed by atoms with Crippen LogP contribution in [0.4, 0.5) is 0 Å². The number of hydrogen-bond donors (Lipinski definition) is 1. The zero-order valence-corrected chi connectivity index (χ0v) is 15.4. The number of aromatic nitrogens is 3. The Labute approximate surface area is 158 Å². The summed E-state index contributed by atoms with van der Waals surface area (Å²) in [6, 6.07) is 3.61. The fourth-order valence-electron chi connectivity index (χ4n) is 4.37. The van der Waals surface area contributed by atoms with Crippen molar-refractivity contribution in [2.24, 2.45) is 5.41 Å². The van der Waals surface area contributed by atoms with Crippen molar-refractivity contribution in [3.05, 3.63) is 48.3 Å². The summed E-state index contributed by atoms with van der Waals surface area (Å²) in [4.78, 5) is 40.4. The molecule has 7 heteroatoms. The third-order valence-corrected chi connectivity index (χ3v) is 5.81. The van der Waals surface area contributed by atoms with Crippen LogP contribution in [0.5, 0.6) is 0 Å². The van der Waals surface area contributed by atoms with Crippen LogP contribution in [0.15, 0.2) is 37.1 Å². The van der Waals surface area contributed by atoms with E-state index >= 15 is 0 Å². The molecule has 2 saturated heterocycles. The summed E-state index contributed by atoms with van der Waals surface area (Å²) in [5, 5.41) is 0. The van der Waals surface area contributed by atoms with Crippen LogP contribution >= 0.6 is 0 Å². The van der Waals surface area contributed by atoms with Crippen LogP contribution in [0.25, 0.3) is 0 Å². The fourth-order valence-corrected chi connectivity index (χ4v) is 4.37. The van der Waals surface area contributed by atoms with Crippen LogP contribution < -0.4 is 0 Å². The average molecular weight is 367 g/mol. The molecule has 0 aromatic carbocycles. The standard InChI is InChI=1S/C20H25N5O2/c26-18-4-7-20(13-24(18)10-5-17-12-22-15-23-17)6-2-9-25(14-20)19(27)16-3-1-8-21-11-16/h1,3,8,11-12,15H,2,4-7,9-10,13-14H2,(H,22,23)/t20-/m1/s1. The first-order chi connectivity index (χ1) is 13.2. The second-order valence-electron chi connectivity index (χ2n) is 7.71. The molecule has 2 aliphatic heterocycles. The number of nitrogens with zero attached hydrogens (tertiary/aromatic N) is 4. The van der Waals surface area contributed by atoms with Gasteiger partial charge in [-0.25, -0.2) is 4.98 Å². The lowest BCUT2D eigenvalue weighted by Gasteiger charge is -2.48. The quantitative estimate of drug-likeness (QED) is 0.895. The molecule has 0 saturated carbocycles. The highest BCUT2D eigenvalue weighted by molar-refractivity contribution is 5.94. The lowest BCUT2D eigenvalue weighted by atomic mass is 9.73. The summed E-state index contributed by atoms with van der Waals surface area (Å²) in [5.74, 6) is 0.263. The number of carbonyl (C=O) groups excluding carboxylic acids is 2. The smallest absolute Gasteiger partial charge is 0.255 e. The van der Waals surface area contributed by atoms with Gasteiger partial charge >= 0.3 is 0 Å². The van der Waals surface area contributed by atoms with E-state index in [-0.39, 0.29) is 17.2 Å². The van der Waals surface area contributed by atoms with Crippen molar-refractivity contribution in [2.75, 3.05) is 26.2 Å². The van der Waals surface area contributed by atoms with Gasteiger partial charge in [-0.05, 0) is 31.4 Å². The van der Waals surface area contributed by atoms with E-state index in [0.29, 0.717) is 25.1 Å². The molecule has 1 spiro atoms. The van der Waals surface area contributed by atoms with Gasteiger partial charge in [0.15, 0.2) is 0 Å². The molecule has 2 amide bonds. The van der Waals surface area contributed by atoms with Gasteiger partial charge in [-0.2, -0.15) is 0 Å². The minimum absolute atomic E-state index is 0.0119. The average Bonchev–Trinajstić information content (AvgIpc) is 3.23. The van der Waals surface area contributed by atoms with Gasteiger partial charge in [0.05, 0.1) is 11.9 Å². The van der Waals surface area contributed by atoms with Gasteiger partial charge in [0.25, 0.3) is 5.91 Å². The number of rotatable bonds is 4. The maximum Gasteiger partial charge on any atom is 0.255 e. The van der Waals surface area contributed by atoms with Crippen LogP contribution in [0, 0.1) is 5.41 Å². The van der Waals surface area contributed by atoms with Crippen molar-refractivity contribution < 1.29 is 9.59 Å². The number of imidazole rings is 1. The highest BCUT2D eigenvalue weighted by Crippen LogP contribution is 2.39. The van der Waals surface area contributed by atoms with Crippen LogP contribution in [0.1, 0.15) is 41.7 Å². The normalized spacial score (nSPS) is 23.0. The van der Waals surface area contributed by atoms with E-state index in [0.717, 1.165) is 44.5 Å². The number of carbonyl (C=O) groups is 2. The van der Waals surface area contributed by atoms with Gasteiger partial charge in [-0.15, -0.1) is 0 Å². The Balaban J connectivity index is 1.43. The first-order valence-corrected chi connectivity index (χ1v) is 9.60. The summed E-state index contributed by atoms with van der Waals surface area (Å²) in [7, 11) is 0. The van der Waals surface area contributed by atoms with Crippen molar-refractivity contribution in [2.45, 2.75) is 32.1 Å². The monoisotopic (exact) mass is 367 g/mol. The predicted octanol–water partition coefficient (Wildman–Crippen LogP) is 1.89. The molecule has 0 bridgehead atoms. The fraction of sp³-hybridized carbons (Fsp3) is 0.500. The molecule has 0 radical (unpaired) electrons. The Kier molecular flexibility index (Phi) is 4.92. The number of H-pyrrole nitrogens is 1. The van der Waals surface area contributed by atoms with Crippen molar-refractivity contribution in [1.29, 1.82) is 0 Å². The topological polar surface area (TPSA) is 82.2 Å². The number of pyridine rings is 1. The second kappa shape index (κ2) is 7.50. The predicted molar refractivity (Wildman–Crippen MR) is 99.9 cm³/mol. The molecule has 4 heterocycles. The zero-order valence-electron chi connectivity index (χ0n) is 15.4. The van der Waals surface area contributed by atoms with E-state index in [1.807, 2.05) is 15.9 Å². The Bertz CT molecular complexity index is 792. The summed E-state index contributed by atoms with van der Waals surface area (Å²) in [5.41, 5.74) is 1.69. The molecule has 4 rings (SSSR count). The Morgan fingerprint density at radius 2 is 2.15 bits per heavy atom. The zero-order chi connectivity index (χ0) is 18.7. The minimum Gasteiger partial charge on any atom is -0.348 e. The van der Waals surface area contributed by atoms with Gasteiger partial charge in [0.2, 0.25) is 5.91 Å². The molecule has 0 unspecified atom stereocenters. The third-order valence-electron chi connectivity index (χ3n) is 5.81. The summed E-state index contributed by atoms with van der Waals surface area (Å²) >= 11 is 0. The molecule has 142 valence electrons. The van der Waals surface area contributed by atoms with Gasteiger partial charge in [-0.1, -0.05) is 0 Å². The lowest BCUT2D eigenvalue weighted by Crippen LogP contribution is -2.55. The molecule has 2 aliphatic rings. The van der Waals surface area contributed by atoms with E-state index < -0.39 is 0 Å². The van der Waals surface area contributed by atoms with Gasteiger partial charge in [0.1, 0.15) is 0 Å². The van der Waals surface area contributed by atoms with Gasteiger partial charge < -0.3 is 14.8 Å². The molecule has 2 fully saturated rings. The molecule has 1 atom stereocenters. The van der Waals surface area contributed by atoms with Crippen LogP contribution in [0.3, 0.4) is 0 Å². The second-order valence-corrected chi connectivity index (χ2v) is 7.71. The highest BCUT2D eigenvalue weighted by Gasteiger charge is 2.42. The van der Waals surface area contributed by atoms with Gasteiger partial charge in [0, 0.05) is 68.7 Å². The number of hydrogen-bond acceptors (Lipinski definition) is 4. The number of piperidine rings is 2. The lowest BCUT2D eigenvalue weighted by molar-refractivity contribution is -0.138. The summed E-state index contributed by atoms with van der Waals surface area (Å²) in [6.45, 7) is 2.92. The molecule has 27 heavy (non-hydrogen) atoms. The van der Waals surface area contributed by atoms with Crippen LogP contribution in [-0.2, 0) is 11.2 Å². The Morgan fingerprint density at radius 3 is 2.93 bits per heavy atom. The van der Waals surface area contributed by atoms with Gasteiger partial charge in [-0.3, -0.25) is 14.6 Å². The molecular weight excluding hydrogens is 342 g/mol. The largest absolute Gasteiger partial charge is 0.348 e. The number of aromatic amines is 1. The molecule has 0 aliphatic carbocycles. The van der Waals surface area contributed by atoms with Crippen molar-refractivity contribution >= 4 is 11.8 Å². The SMILES string of the molecule is O=C1CC[C@]2(CCCN(C(=O)c3cccnc3)C2)CN1CCc1cnc[nH]1. The van der Waals surface area contributed by atoms with E-state index in [2.05, 4.69) is 15.0 Å². The molecule has 1 N–H and O–H groups in total. The maximum atomic E-state index is 12.8. The first-order valence-electron chi connectivity index (χ1n) is 9.60. The number of amides is 2. The number of likely N-dealkylation sites (tertiary alicyclic amines) is 2. The molecular formula is C20H25N5O2. The molecule has 2 aromatic rings. The highest BCUT2D eigenvalue weighted by atomic mass is 16.2. The molecule has 7 nitrogen and oxygen atoms in total. The first kappa shape index (κ1) is 17.7. The van der Waals surface area contributed by atoms with Crippen molar-refractivity contribution in [1.82, 2.24) is 24.8 Å². The maximum absolute atomic E-state index is 12.8. The van der Waals surface area contributed by atoms with E-state index in [1.54, 1.807) is 31.0 Å². The van der Waals surface area contributed by atoms with Crippen LogP contribution in [0.2, 0.25) is 0 Å². The van der Waals surface area contributed by atoms with Crippen molar-refractivity contribution in [3.8, 4) is 0 Å².